The maximum Gasteiger partial charge on any atom is 0.270 e. The molecule has 1 fully saturated rings. The zero-order valence-electron chi connectivity index (χ0n) is 13.5. The van der Waals surface area contributed by atoms with Crippen molar-refractivity contribution in [1.29, 1.82) is 0 Å². The number of amides is 1. The smallest absolute Gasteiger partial charge is 0.270 e. The molecule has 1 saturated heterocycles. The zero-order valence-corrected chi connectivity index (χ0v) is 13.5. The lowest BCUT2D eigenvalue weighted by molar-refractivity contribution is 0.0945. The number of nitrogens with one attached hydrogen (secondary N) is 1. The third-order valence-corrected chi connectivity index (χ3v) is 3.74. The molecular formula is C17H19FN4O2. The highest BCUT2D eigenvalue weighted by Crippen LogP contribution is 2.12. The van der Waals surface area contributed by atoms with E-state index in [9.17, 15) is 9.18 Å². The van der Waals surface area contributed by atoms with E-state index in [2.05, 4.69) is 15.3 Å². The van der Waals surface area contributed by atoms with Crippen molar-refractivity contribution in [2.24, 2.45) is 0 Å². The van der Waals surface area contributed by atoms with E-state index in [1.807, 2.05) is 11.8 Å². The monoisotopic (exact) mass is 330 g/mol. The minimum Gasteiger partial charge on any atom is -0.378 e. The van der Waals surface area contributed by atoms with E-state index >= 15 is 0 Å². The number of hydrogen-bond donors (Lipinski definition) is 1. The first kappa shape index (κ1) is 16.3. The number of morpholine rings is 1. The molecule has 1 aliphatic rings. The predicted octanol–water partition coefficient (Wildman–Crippen LogP) is 1.69. The summed E-state index contributed by atoms with van der Waals surface area (Å²) in [6.07, 6.45) is 0. The van der Waals surface area contributed by atoms with Gasteiger partial charge in [-0.1, -0.05) is 12.1 Å². The number of hydrogen-bond acceptors (Lipinski definition) is 5. The van der Waals surface area contributed by atoms with E-state index in [-0.39, 0.29) is 11.7 Å². The summed E-state index contributed by atoms with van der Waals surface area (Å²) in [5, 5.41) is 2.80. The quantitative estimate of drug-likeness (QED) is 0.924. The van der Waals surface area contributed by atoms with Crippen LogP contribution in [0.25, 0.3) is 0 Å². The van der Waals surface area contributed by atoms with Crippen LogP contribution in [0.3, 0.4) is 0 Å². The van der Waals surface area contributed by atoms with Gasteiger partial charge in [-0.2, -0.15) is 0 Å². The molecule has 2 heterocycles. The molecule has 1 aromatic heterocycles. The van der Waals surface area contributed by atoms with Crippen LogP contribution in [0, 0.1) is 12.7 Å². The van der Waals surface area contributed by atoms with E-state index in [0.717, 1.165) is 11.3 Å². The number of carbonyl (C=O) groups is 1. The minimum atomic E-state index is -0.299. The van der Waals surface area contributed by atoms with Gasteiger partial charge in [0.25, 0.3) is 5.91 Å². The third-order valence-electron chi connectivity index (χ3n) is 3.74. The van der Waals surface area contributed by atoms with Crippen molar-refractivity contribution in [2.45, 2.75) is 13.5 Å². The number of aromatic nitrogens is 2. The Kier molecular flexibility index (Phi) is 5.00. The van der Waals surface area contributed by atoms with Crippen molar-refractivity contribution in [3.63, 3.8) is 0 Å². The number of anilines is 1. The van der Waals surface area contributed by atoms with Crippen LogP contribution in [0.5, 0.6) is 0 Å². The fourth-order valence-electron chi connectivity index (χ4n) is 2.45. The molecule has 0 spiro atoms. The fraction of sp³-hybridized carbons (Fsp3) is 0.353. The zero-order chi connectivity index (χ0) is 16.9. The summed E-state index contributed by atoms with van der Waals surface area (Å²) in [7, 11) is 0. The average molecular weight is 330 g/mol. The molecule has 0 atom stereocenters. The lowest BCUT2D eigenvalue weighted by Crippen LogP contribution is -2.38. The number of aryl methyl sites for hydroxylation is 1. The molecule has 24 heavy (non-hydrogen) atoms. The minimum absolute atomic E-state index is 0.278. The molecule has 3 rings (SSSR count). The Balaban J connectivity index is 1.69. The summed E-state index contributed by atoms with van der Waals surface area (Å²) in [5.41, 5.74) is 1.88. The van der Waals surface area contributed by atoms with Gasteiger partial charge in [0.1, 0.15) is 11.5 Å². The predicted molar refractivity (Wildman–Crippen MR) is 87.4 cm³/mol. The second-order valence-corrected chi connectivity index (χ2v) is 5.60. The van der Waals surface area contributed by atoms with Gasteiger partial charge in [0.05, 0.1) is 13.2 Å². The highest BCUT2D eigenvalue weighted by molar-refractivity contribution is 5.92. The summed E-state index contributed by atoms with van der Waals surface area (Å²) < 4.78 is 18.2. The van der Waals surface area contributed by atoms with Gasteiger partial charge >= 0.3 is 0 Å². The number of benzene rings is 1. The van der Waals surface area contributed by atoms with Gasteiger partial charge in [0.15, 0.2) is 0 Å². The maximum absolute atomic E-state index is 12.9. The van der Waals surface area contributed by atoms with Gasteiger partial charge in [-0.15, -0.1) is 0 Å². The SMILES string of the molecule is Cc1cc(C(=O)NCc2ccc(F)cc2)nc(N2CCOCC2)n1. The topological polar surface area (TPSA) is 67.4 Å². The molecule has 0 unspecified atom stereocenters. The van der Waals surface area contributed by atoms with Crippen LogP contribution in [0.15, 0.2) is 30.3 Å². The normalized spacial score (nSPS) is 14.5. The Morgan fingerprint density at radius 3 is 2.67 bits per heavy atom. The van der Waals surface area contributed by atoms with Crippen LogP contribution in [0.2, 0.25) is 0 Å². The number of rotatable bonds is 4. The van der Waals surface area contributed by atoms with E-state index in [4.69, 9.17) is 4.74 Å². The molecule has 2 aromatic rings. The van der Waals surface area contributed by atoms with Gasteiger partial charge in [0, 0.05) is 25.3 Å². The fourth-order valence-corrected chi connectivity index (χ4v) is 2.45. The van der Waals surface area contributed by atoms with Crippen LogP contribution < -0.4 is 10.2 Å². The molecule has 6 nitrogen and oxygen atoms in total. The van der Waals surface area contributed by atoms with Crippen LogP contribution in [-0.2, 0) is 11.3 Å². The van der Waals surface area contributed by atoms with Gasteiger partial charge in [-0.25, -0.2) is 14.4 Å². The third kappa shape index (κ3) is 4.05. The summed E-state index contributed by atoms with van der Waals surface area (Å²) in [5.74, 6) is -0.0313. The van der Waals surface area contributed by atoms with Crippen LogP contribution >= 0.6 is 0 Å². The number of nitrogens with zero attached hydrogens (tertiary/aromatic N) is 3. The number of ether oxygens (including phenoxy) is 1. The van der Waals surface area contributed by atoms with Crippen molar-refractivity contribution in [3.8, 4) is 0 Å². The first-order valence-electron chi connectivity index (χ1n) is 7.83. The van der Waals surface area contributed by atoms with Crippen molar-refractivity contribution in [2.75, 3.05) is 31.2 Å². The summed E-state index contributed by atoms with van der Waals surface area (Å²) in [6, 6.07) is 7.67. The molecule has 0 bridgehead atoms. The van der Waals surface area contributed by atoms with Gasteiger partial charge in [0.2, 0.25) is 5.95 Å². The highest BCUT2D eigenvalue weighted by Gasteiger charge is 2.17. The Morgan fingerprint density at radius 2 is 1.96 bits per heavy atom. The van der Waals surface area contributed by atoms with Crippen molar-refractivity contribution >= 4 is 11.9 Å². The molecule has 1 amide bonds. The van der Waals surface area contributed by atoms with Crippen LogP contribution in [0.4, 0.5) is 10.3 Å². The average Bonchev–Trinajstić information content (AvgIpc) is 2.61. The second kappa shape index (κ2) is 7.35. The maximum atomic E-state index is 12.9. The van der Waals surface area contributed by atoms with E-state index < -0.39 is 0 Å². The van der Waals surface area contributed by atoms with Gasteiger partial charge in [-0.05, 0) is 30.7 Å². The molecule has 0 aliphatic carbocycles. The van der Waals surface area contributed by atoms with E-state index in [1.165, 1.54) is 12.1 Å². The van der Waals surface area contributed by atoms with Crippen molar-refractivity contribution in [1.82, 2.24) is 15.3 Å². The van der Waals surface area contributed by atoms with Crippen molar-refractivity contribution < 1.29 is 13.9 Å². The second-order valence-electron chi connectivity index (χ2n) is 5.60. The summed E-state index contributed by atoms with van der Waals surface area (Å²) in [4.78, 5) is 23.1. The lowest BCUT2D eigenvalue weighted by atomic mass is 10.2. The first-order chi connectivity index (χ1) is 11.6. The van der Waals surface area contributed by atoms with Gasteiger partial charge in [-0.3, -0.25) is 4.79 Å². The van der Waals surface area contributed by atoms with Crippen LogP contribution in [-0.4, -0.2) is 42.2 Å². The number of halogens is 1. The summed E-state index contributed by atoms with van der Waals surface area (Å²) in [6.45, 7) is 4.82. The van der Waals surface area contributed by atoms with E-state index in [0.29, 0.717) is 44.5 Å². The molecular weight excluding hydrogens is 311 g/mol. The molecule has 126 valence electrons. The first-order valence-corrected chi connectivity index (χ1v) is 7.83. The Hall–Kier alpha value is -2.54. The van der Waals surface area contributed by atoms with E-state index in [1.54, 1.807) is 18.2 Å². The lowest BCUT2D eigenvalue weighted by Gasteiger charge is -2.27. The van der Waals surface area contributed by atoms with Crippen molar-refractivity contribution in [3.05, 3.63) is 53.1 Å². The van der Waals surface area contributed by atoms with Gasteiger partial charge < -0.3 is 15.0 Å². The van der Waals surface area contributed by atoms with Crippen LogP contribution in [0.1, 0.15) is 21.7 Å². The summed E-state index contributed by atoms with van der Waals surface area (Å²) >= 11 is 0. The molecule has 1 N–H and O–H groups in total. The number of carbonyl (C=O) groups excluding carboxylic acids is 1. The molecule has 7 heteroatoms. The molecule has 1 aromatic carbocycles. The Bertz CT molecular complexity index is 715. The molecule has 0 saturated carbocycles. The molecule has 0 radical (unpaired) electrons. The molecule has 1 aliphatic heterocycles. The highest BCUT2D eigenvalue weighted by atomic mass is 19.1. The Morgan fingerprint density at radius 1 is 1.25 bits per heavy atom. The Labute approximate surface area is 139 Å². The standard InChI is InChI=1S/C17H19FN4O2/c1-12-10-15(21-17(20-12)22-6-8-24-9-7-22)16(23)19-11-13-2-4-14(18)5-3-13/h2-5,10H,6-9,11H2,1H3,(H,19,23). The largest absolute Gasteiger partial charge is 0.378 e.